The van der Waals surface area contributed by atoms with Gasteiger partial charge in [-0.1, -0.05) is 30.3 Å². The van der Waals surface area contributed by atoms with Crippen molar-refractivity contribution in [1.29, 1.82) is 0 Å². The minimum Gasteiger partial charge on any atom is -0.381 e. The third-order valence-corrected chi connectivity index (χ3v) is 2.63. The number of carbonyl (C=O) groups is 1. The predicted molar refractivity (Wildman–Crippen MR) is 72.0 cm³/mol. The van der Waals surface area contributed by atoms with Gasteiger partial charge in [0.2, 0.25) is 0 Å². The average Bonchev–Trinajstić information content (AvgIpc) is 2.34. The van der Waals surface area contributed by atoms with Crippen LogP contribution in [0, 0.1) is 0 Å². The first-order valence-corrected chi connectivity index (χ1v) is 5.74. The van der Waals surface area contributed by atoms with Crippen LogP contribution >= 0.6 is 0 Å². The Morgan fingerprint density at radius 2 is 1.78 bits per heavy atom. The van der Waals surface area contributed by atoms with Crippen LogP contribution in [0.1, 0.15) is 13.8 Å². The lowest BCUT2D eigenvalue weighted by atomic mass is 10.1. The maximum Gasteiger partial charge on any atom is 0.269 e. The van der Waals surface area contributed by atoms with Crippen LogP contribution in [0.4, 0.5) is 5.69 Å². The molecule has 0 bridgehead atoms. The number of aliphatic hydroxyl groups is 1. The van der Waals surface area contributed by atoms with Crippen molar-refractivity contribution in [1.82, 2.24) is 5.43 Å². The Kier molecular flexibility index (Phi) is 3.21. The summed E-state index contributed by atoms with van der Waals surface area (Å²) in [7, 11) is 0. The second-order valence-corrected chi connectivity index (χ2v) is 4.70. The number of rotatable bonds is 3. The van der Waals surface area contributed by atoms with Crippen LogP contribution in [0.25, 0.3) is 10.8 Å². The molecule has 0 atom stereocenters. The molecule has 4 heteroatoms. The zero-order valence-electron chi connectivity index (χ0n) is 10.4. The maximum absolute atomic E-state index is 11.5. The van der Waals surface area contributed by atoms with Gasteiger partial charge in [0.15, 0.2) is 0 Å². The molecule has 0 heterocycles. The fraction of sp³-hybridized carbons (Fsp3) is 0.214. The third kappa shape index (κ3) is 2.78. The molecule has 0 radical (unpaired) electrons. The molecule has 18 heavy (non-hydrogen) atoms. The molecule has 2 aromatic rings. The van der Waals surface area contributed by atoms with E-state index in [0.717, 1.165) is 16.5 Å². The monoisotopic (exact) mass is 244 g/mol. The van der Waals surface area contributed by atoms with E-state index in [1.165, 1.54) is 13.8 Å². The highest BCUT2D eigenvalue weighted by Gasteiger charge is 2.23. The molecular weight excluding hydrogens is 228 g/mol. The first-order valence-electron chi connectivity index (χ1n) is 5.74. The number of anilines is 1. The molecule has 0 unspecified atom stereocenters. The van der Waals surface area contributed by atoms with Crippen LogP contribution in [0.15, 0.2) is 42.5 Å². The second-order valence-electron chi connectivity index (χ2n) is 4.70. The van der Waals surface area contributed by atoms with Gasteiger partial charge in [-0.2, -0.15) is 0 Å². The Hall–Kier alpha value is -2.07. The molecule has 2 aromatic carbocycles. The molecule has 0 aliphatic rings. The zero-order chi connectivity index (χ0) is 13.2. The molecule has 0 aliphatic heterocycles. The van der Waals surface area contributed by atoms with Crippen molar-refractivity contribution in [2.45, 2.75) is 19.4 Å². The molecule has 3 N–H and O–H groups in total. The van der Waals surface area contributed by atoms with Gasteiger partial charge in [-0.3, -0.25) is 15.6 Å². The maximum atomic E-state index is 11.5. The normalized spacial score (nSPS) is 11.3. The van der Waals surface area contributed by atoms with Crippen LogP contribution in [-0.2, 0) is 4.79 Å². The van der Waals surface area contributed by atoms with Gasteiger partial charge in [0.1, 0.15) is 5.60 Å². The fourth-order valence-corrected chi connectivity index (χ4v) is 1.55. The number of nitrogens with one attached hydrogen (secondary N) is 2. The second kappa shape index (κ2) is 4.66. The van der Waals surface area contributed by atoms with Crippen molar-refractivity contribution in [3.63, 3.8) is 0 Å². The van der Waals surface area contributed by atoms with Crippen molar-refractivity contribution < 1.29 is 9.90 Å². The number of carbonyl (C=O) groups excluding carboxylic acids is 1. The van der Waals surface area contributed by atoms with Crippen LogP contribution in [-0.4, -0.2) is 16.6 Å². The topological polar surface area (TPSA) is 61.4 Å². The minimum atomic E-state index is -1.40. The van der Waals surface area contributed by atoms with E-state index < -0.39 is 11.5 Å². The molecule has 4 nitrogen and oxygen atoms in total. The van der Waals surface area contributed by atoms with Gasteiger partial charge >= 0.3 is 0 Å². The summed E-state index contributed by atoms with van der Waals surface area (Å²) in [6.45, 7) is 2.87. The van der Waals surface area contributed by atoms with Crippen molar-refractivity contribution >= 4 is 22.4 Å². The lowest BCUT2D eigenvalue weighted by molar-refractivity contribution is -0.135. The van der Waals surface area contributed by atoms with Gasteiger partial charge in [-0.15, -0.1) is 0 Å². The minimum absolute atomic E-state index is 0.476. The lowest BCUT2D eigenvalue weighted by Crippen LogP contribution is -2.44. The van der Waals surface area contributed by atoms with E-state index >= 15 is 0 Å². The van der Waals surface area contributed by atoms with Gasteiger partial charge in [0.25, 0.3) is 5.91 Å². The highest BCUT2D eigenvalue weighted by Crippen LogP contribution is 2.18. The Balaban J connectivity index is 2.11. The molecule has 1 amide bonds. The summed E-state index contributed by atoms with van der Waals surface area (Å²) >= 11 is 0. The van der Waals surface area contributed by atoms with Crippen LogP contribution in [0.2, 0.25) is 0 Å². The van der Waals surface area contributed by atoms with Gasteiger partial charge in [0.05, 0.1) is 5.69 Å². The molecule has 0 spiro atoms. The van der Waals surface area contributed by atoms with E-state index in [2.05, 4.69) is 10.9 Å². The first kappa shape index (κ1) is 12.4. The molecule has 0 saturated heterocycles. The Morgan fingerprint density at radius 1 is 1.11 bits per heavy atom. The third-order valence-electron chi connectivity index (χ3n) is 2.63. The Bertz CT molecular complexity index is 573. The molecule has 94 valence electrons. The summed E-state index contributed by atoms with van der Waals surface area (Å²) < 4.78 is 0. The predicted octanol–water partition coefficient (Wildman–Crippen LogP) is 2.05. The summed E-state index contributed by atoms with van der Waals surface area (Å²) in [6.07, 6.45) is 0. The molecule has 0 fully saturated rings. The first-order chi connectivity index (χ1) is 8.47. The van der Waals surface area contributed by atoms with Gasteiger partial charge in [-0.05, 0) is 36.8 Å². The van der Waals surface area contributed by atoms with E-state index in [-0.39, 0.29) is 0 Å². The van der Waals surface area contributed by atoms with Gasteiger partial charge < -0.3 is 5.11 Å². The Labute approximate surface area is 106 Å². The van der Waals surface area contributed by atoms with Crippen molar-refractivity contribution in [2.75, 3.05) is 5.43 Å². The highest BCUT2D eigenvalue weighted by molar-refractivity contribution is 5.87. The SMILES string of the molecule is CC(C)(O)C(=O)NNc1ccc2ccccc2c1. The largest absolute Gasteiger partial charge is 0.381 e. The van der Waals surface area contributed by atoms with Crippen LogP contribution < -0.4 is 10.9 Å². The molecular formula is C14H16N2O2. The van der Waals surface area contributed by atoms with Crippen molar-refractivity contribution in [3.05, 3.63) is 42.5 Å². The average molecular weight is 244 g/mol. The lowest BCUT2D eigenvalue weighted by Gasteiger charge is -2.17. The number of hydrazine groups is 1. The Morgan fingerprint density at radius 3 is 2.44 bits per heavy atom. The van der Waals surface area contributed by atoms with E-state index in [1.807, 2.05) is 42.5 Å². The number of hydrogen-bond donors (Lipinski definition) is 3. The van der Waals surface area contributed by atoms with Crippen molar-refractivity contribution in [2.24, 2.45) is 0 Å². The van der Waals surface area contributed by atoms with E-state index in [9.17, 15) is 9.90 Å². The molecule has 0 aliphatic carbocycles. The molecule has 0 aromatic heterocycles. The molecule has 2 rings (SSSR count). The number of fused-ring (bicyclic) bond motifs is 1. The van der Waals surface area contributed by atoms with Crippen molar-refractivity contribution in [3.8, 4) is 0 Å². The number of amides is 1. The van der Waals surface area contributed by atoms with E-state index in [1.54, 1.807) is 0 Å². The summed E-state index contributed by atoms with van der Waals surface area (Å²) in [5.41, 5.74) is 4.62. The standard InChI is InChI=1S/C14H16N2O2/c1-14(2,18)13(17)16-15-12-8-7-10-5-3-4-6-11(10)9-12/h3-9,15,18H,1-2H3,(H,16,17). The summed E-state index contributed by atoms with van der Waals surface area (Å²) in [6, 6.07) is 13.7. The van der Waals surface area contributed by atoms with Crippen LogP contribution in [0.3, 0.4) is 0 Å². The summed E-state index contributed by atoms with van der Waals surface area (Å²) in [4.78, 5) is 11.5. The smallest absolute Gasteiger partial charge is 0.269 e. The molecule has 0 saturated carbocycles. The summed E-state index contributed by atoms with van der Waals surface area (Å²) in [5.74, 6) is -0.476. The van der Waals surface area contributed by atoms with Gasteiger partial charge in [0, 0.05) is 0 Å². The number of benzene rings is 2. The quantitative estimate of drug-likeness (QED) is 0.724. The van der Waals surface area contributed by atoms with Gasteiger partial charge in [-0.25, -0.2) is 0 Å². The van der Waals surface area contributed by atoms with E-state index in [0.29, 0.717) is 0 Å². The van der Waals surface area contributed by atoms with E-state index in [4.69, 9.17) is 0 Å². The zero-order valence-corrected chi connectivity index (χ0v) is 10.4. The number of hydrogen-bond acceptors (Lipinski definition) is 3. The highest BCUT2D eigenvalue weighted by atomic mass is 16.3. The summed E-state index contributed by atoms with van der Waals surface area (Å²) in [5, 5.41) is 11.7. The van der Waals surface area contributed by atoms with Crippen LogP contribution in [0.5, 0.6) is 0 Å². The fourth-order valence-electron chi connectivity index (χ4n) is 1.55.